The summed E-state index contributed by atoms with van der Waals surface area (Å²) in [6, 6.07) is 4.99. The van der Waals surface area contributed by atoms with Gasteiger partial charge >= 0.3 is 0 Å². The van der Waals surface area contributed by atoms with E-state index in [1.807, 2.05) is 0 Å². The summed E-state index contributed by atoms with van der Waals surface area (Å²) in [4.78, 5) is 12.2. The van der Waals surface area contributed by atoms with Crippen molar-refractivity contribution in [1.29, 1.82) is 0 Å². The molecule has 2 atom stereocenters. The van der Waals surface area contributed by atoms with Crippen LogP contribution in [-0.2, 0) is 0 Å². The molecule has 0 aliphatic heterocycles. The average molecular weight is 277 g/mol. The Kier molecular flexibility index (Phi) is 4.88. The fourth-order valence-corrected chi connectivity index (χ4v) is 2.89. The quantitative estimate of drug-likeness (QED) is 0.889. The standard InChI is InChI=1S/C16H23NO3/c1-3-11-5-4-6-13(9-11)17-16(19)12-7-8-15(20-2)14(18)10-12/h7-8,10-11,13,18H,3-6,9H2,1-2H3,(H,17,19). The van der Waals surface area contributed by atoms with Crippen LogP contribution in [0, 0.1) is 5.92 Å². The van der Waals surface area contributed by atoms with Crippen molar-refractivity contribution in [2.45, 2.75) is 45.1 Å². The van der Waals surface area contributed by atoms with Gasteiger partial charge in [-0.05, 0) is 37.0 Å². The number of ether oxygens (including phenoxy) is 1. The van der Waals surface area contributed by atoms with Gasteiger partial charge < -0.3 is 15.2 Å². The van der Waals surface area contributed by atoms with E-state index < -0.39 is 0 Å². The van der Waals surface area contributed by atoms with Crippen molar-refractivity contribution in [2.24, 2.45) is 5.92 Å². The summed E-state index contributed by atoms with van der Waals surface area (Å²) in [6.07, 6.45) is 5.73. The highest BCUT2D eigenvalue weighted by molar-refractivity contribution is 5.95. The Hall–Kier alpha value is -1.71. The molecular formula is C16H23NO3. The number of carbonyl (C=O) groups is 1. The molecule has 4 heteroatoms. The minimum atomic E-state index is -0.121. The number of phenolic OH excluding ortho intramolecular Hbond substituents is 1. The lowest BCUT2D eigenvalue weighted by Gasteiger charge is -2.29. The number of nitrogens with one attached hydrogen (secondary N) is 1. The summed E-state index contributed by atoms with van der Waals surface area (Å²) in [6.45, 7) is 2.20. The second-order valence-corrected chi connectivity index (χ2v) is 5.50. The van der Waals surface area contributed by atoms with Crippen LogP contribution in [-0.4, -0.2) is 24.2 Å². The monoisotopic (exact) mass is 277 g/mol. The number of rotatable bonds is 4. The minimum Gasteiger partial charge on any atom is -0.504 e. The van der Waals surface area contributed by atoms with Gasteiger partial charge in [0.2, 0.25) is 0 Å². The first-order chi connectivity index (χ1) is 9.63. The molecule has 1 fully saturated rings. The van der Waals surface area contributed by atoms with E-state index in [-0.39, 0.29) is 17.7 Å². The topological polar surface area (TPSA) is 58.6 Å². The molecule has 2 N–H and O–H groups in total. The molecule has 2 unspecified atom stereocenters. The van der Waals surface area contributed by atoms with Crippen molar-refractivity contribution < 1.29 is 14.6 Å². The Balaban J connectivity index is 1.99. The average Bonchev–Trinajstić information content (AvgIpc) is 2.47. The molecule has 0 radical (unpaired) electrons. The molecule has 1 amide bonds. The minimum absolute atomic E-state index is 0.00442. The first-order valence-electron chi connectivity index (χ1n) is 7.32. The summed E-state index contributed by atoms with van der Waals surface area (Å²) in [5, 5.41) is 12.8. The summed E-state index contributed by atoms with van der Waals surface area (Å²) >= 11 is 0. The molecule has 0 heterocycles. The van der Waals surface area contributed by atoms with Gasteiger partial charge in [-0.15, -0.1) is 0 Å². The highest BCUT2D eigenvalue weighted by atomic mass is 16.5. The van der Waals surface area contributed by atoms with E-state index in [4.69, 9.17) is 4.74 Å². The maximum Gasteiger partial charge on any atom is 0.251 e. The van der Waals surface area contributed by atoms with E-state index in [1.54, 1.807) is 12.1 Å². The number of carbonyl (C=O) groups excluding carboxylic acids is 1. The molecular weight excluding hydrogens is 254 g/mol. The zero-order valence-electron chi connectivity index (χ0n) is 12.2. The van der Waals surface area contributed by atoms with Gasteiger partial charge in [0.25, 0.3) is 5.91 Å². The Morgan fingerprint density at radius 2 is 2.25 bits per heavy atom. The number of benzene rings is 1. The van der Waals surface area contributed by atoms with E-state index in [0.29, 0.717) is 11.3 Å². The molecule has 0 aromatic heterocycles. The predicted octanol–water partition coefficient (Wildman–Crippen LogP) is 3.10. The third-order valence-corrected chi connectivity index (χ3v) is 4.14. The molecule has 1 aliphatic rings. The van der Waals surface area contributed by atoms with Crippen molar-refractivity contribution in [3.05, 3.63) is 23.8 Å². The van der Waals surface area contributed by atoms with E-state index in [1.165, 1.54) is 32.4 Å². The number of hydrogen-bond donors (Lipinski definition) is 2. The van der Waals surface area contributed by atoms with Gasteiger partial charge in [-0.1, -0.05) is 26.2 Å². The third kappa shape index (κ3) is 3.44. The van der Waals surface area contributed by atoms with Crippen LogP contribution < -0.4 is 10.1 Å². The molecule has 0 bridgehead atoms. The highest BCUT2D eigenvalue weighted by Crippen LogP contribution is 2.28. The Labute approximate surface area is 120 Å². The van der Waals surface area contributed by atoms with Gasteiger partial charge in [-0.2, -0.15) is 0 Å². The smallest absolute Gasteiger partial charge is 0.251 e. The van der Waals surface area contributed by atoms with E-state index in [0.717, 1.165) is 18.8 Å². The first kappa shape index (κ1) is 14.7. The van der Waals surface area contributed by atoms with Gasteiger partial charge in [0.1, 0.15) is 0 Å². The Bertz CT molecular complexity index is 473. The zero-order chi connectivity index (χ0) is 14.5. The van der Waals surface area contributed by atoms with Gasteiger partial charge in [0.05, 0.1) is 7.11 Å². The van der Waals surface area contributed by atoms with Crippen molar-refractivity contribution >= 4 is 5.91 Å². The molecule has 4 nitrogen and oxygen atoms in total. The summed E-state index contributed by atoms with van der Waals surface area (Å²) < 4.78 is 4.98. The molecule has 1 aromatic carbocycles. The summed E-state index contributed by atoms with van der Waals surface area (Å²) in [5.41, 5.74) is 0.474. The summed E-state index contributed by atoms with van der Waals surface area (Å²) in [5.74, 6) is 0.975. The van der Waals surface area contributed by atoms with Crippen LogP contribution in [0.1, 0.15) is 49.4 Å². The molecule has 20 heavy (non-hydrogen) atoms. The van der Waals surface area contributed by atoms with Gasteiger partial charge in [-0.25, -0.2) is 0 Å². The second kappa shape index (κ2) is 6.64. The SMILES string of the molecule is CCC1CCCC(NC(=O)c2ccc(OC)c(O)c2)C1. The molecule has 1 aromatic rings. The van der Waals surface area contributed by atoms with Crippen molar-refractivity contribution in [3.8, 4) is 11.5 Å². The van der Waals surface area contributed by atoms with Gasteiger partial charge in [0.15, 0.2) is 11.5 Å². The molecule has 0 spiro atoms. The third-order valence-electron chi connectivity index (χ3n) is 4.14. The fraction of sp³-hybridized carbons (Fsp3) is 0.562. The highest BCUT2D eigenvalue weighted by Gasteiger charge is 2.22. The maximum absolute atomic E-state index is 12.2. The first-order valence-corrected chi connectivity index (χ1v) is 7.32. The van der Waals surface area contributed by atoms with Crippen LogP contribution in [0.4, 0.5) is 0 Å². The van der Waals surface area contributed by atoms with Crippen LogP contribution in [0.15, 0.2) is 18.2 Å². The molecule has 1 saturated carbocycles. The Morgan fingerprint density at radius 1 is 1.45 bits per heavy atom. The second-order valence-electron chi connectivity index (χ2n) is 5.50. The van der Waals surface area contributed by atoms with Crippen LogP contribution in [0.3, 0.4) is 0 Å². The number of phenols is 1. The van der Waals surface area contributed by atoms with E-state index >= 15 is 0 Å². The van der Waals surface area contributed by atoms with Crippen LogP contribution in [0.25, 0.3) is 0 Å². The number of hydrogen-bond acceptors (Lipinski definition) is 3. The molecule has 2 rings (SSSR count). The zero-order valence-corrected chi connectivity index (χ0v) is 12.2. The lowest BCUT2D eigenvalue weighted by Crippen LogP contribution is -2.38. The summed E-state index contributed by atoms with van der Waals surface area (Å²) in [7, 11) is 1.49. The van der Waals surface area contributed by atoms with E-state index in [9.17, 15) is 9.90 Å². The number of aromatic hydroxyl groups is 1. The normalized spacial score (nSPS) is 22.3. The predicted molar refractivity (Wildman–Crippen MR) is 78.2 cm³/mol. The lowest BCUT2D eigenvalue weighted by atomic mass is 9.84. The van der Waals surface area contributed by atoms with E-state index in [2.05, 4.69) is 12.2 Å². The van der Waals surface area contributed by atoms with Crippen LogP contribution in [0.5, 0.6) is 11.5 Å². The van der Waals surface area contributed by atoms with Gasteiger partial charge in [-0.3, -0.25) is 4.79 Å². The number of amides is 1. The molecule has 1 aliphatic carbocycles. The lowest BCUT2D eigenvalue weighted by molar-refractivity contribution is 0.0918. The fourth-order valence-electron chi connectivity index (χ4n) is 2.89. The van der Waals surface area contributed by atoms with Crippen molar-refractivity contribution in [1.82, 2.24) is 5.32 Å². The van der Waals surface area contributed by atoms with Gasteiger partial charge in [0, 0.05) is 11.6 Å². The maximum atomic E-state index is 12.2. The van der Waals surface area contributed by atoms with Crippen molar-refractivity contribution in [3.63, 3.8) is 0 Å². The molecule has 110 valence electrons. The Morgan fingerprint density at radius 3 is 2.90 bits per heavy atom. The molecule has 0 saturated heterocycles. The van der Waals surface area contributed by atoms with Crippen LogP contribution in [0.2, 0.25) is 0 Å². The largest absolute Gasteiger partial charge is 0.504 e. The van der Waals surface area contributed by atoms with Crippen LogP contribution >= 0.6 is 0 Å². The number of methoxy groups -OCH3 is 1. The van der Waals surface area contributed by atoms with Crippen molar-refractivity contribution in [2.75, 3.05) is 7.11 Å².